The van der Waals surface area contributed by atoms with E-state index in [1.54, 1.807) is 19.1 Å². The van der Waals surface area contributed by atoms with Gasteiger partial charge in [0.05, 0.1) is 13.2 Å². The number of esters is 3. The first kappa shape index (κ1) is 24.9. The third kappa shape index (κ3) is 4.17. The average molecular weight is 514 g/mol. The Morgan fingerprint density at radius 1 is 1.24 bits per heavy atom. The van der Waals surface area contributed by atoms with E-state index in [1.807, 2.05) is 0 Å². The molecule has 2 bridgehead atoms. The second-order valence-electron chi connectivity index (χ2n) is 8.23. The van der Waals surface area contributed by atoms with Gasteiger partial charge in [0.25, 0.3) is 7.52 Å². The Balaban J connectivity index is 1.77. The molecule has 0 aromatic heterocycles. The van der Waals surface area contributed by atoms with Crippen molar-refractivity contribution in [3.05, 3.63) is 29.8 Å². The summed E-state index contributed by atoms with van der Waals surface area (Å²) in [5, 5.41) is 0. The standard InChI is InChI=1S/C22H25ClNO9P/c1-3-30-21(27)17-15(13-4-6-14(7-5-13)32-12(2)25)16-18(26)20(19(17)33-22(16)28)34(29)24(9-8-23)10-11-31-34/h4-7,15-17,19-20H,3,8-11H2,1-2H3/t15-,16+,17-,19+,20-,34+/m0/s1. The molecule has 10 nitrogen and oxygen atoms in total. The number of hydrogen-bond acceptors (Lipinski definition) is 9. The van der Waals surface area contributed by atoms with Gasteiger partial charge in [-0.1, -0.05) is 12.1 Å². The number of ether oxygens (including phenoxy) is 3. The lowest BCUT2D eigenvalue weighted by molar-refractivity contribution is -0.187. The molecule has 3 aliphatic heterocycles. The van der Waals surface area contributed by atoms with E-state index in [-0.39, 0.29) is 31.4 Å². The van der Waals surface area contributed by atoms with E-state index in [4.69, 9.17) is 30.3 Å². The van der Waals surface area contributed by atoms with Crippen molar-refractivity contribution in [2.24, 2.45) is 11.8 Å². The number of hydrogen-bond donors (Lipinski definition) is 0. The third-order valence-electron chi connectivity index (χ3n) is 6.31. The minimum absolute atomic E-state index is 0.0733. The number of nitrogens with zero attached hydrogens (tertiary/aromatic N) is 1. The molecule has 4 fully saturated rings. The van der Waals surface area contributed by atoms with Gasteiger partial charge in [0.2, 0.25) is 0 Å². The first-order chi connectivity index (χ1) is 16.2. The van der Waals surface area contributed by atoms with E-state index in [1.165, 1.54) is 23.7 Å². The van der Waals surface area contributed by atoms with E-state index in [9.17, 15) is 23.7 Å². The number of fused-ring (bicyclic) bond motifs is 3. The molecule has 0 radical (unpaired) electrons. The highest BCUT2D eigenvalue weighted by molar-refractivity contribution is 7.58. The second kappa shape index (κ2) is 9.77. The molecule has 1 aromatic rings. The van der Waals surface area contributed by atoms with Crippen LogP contribution >= 0.6 is 19.1 Å². The smallest absolute Gasteiger partial charge is 0.317 e. The van der Waals surface area contributed by atoms with Crippen molar-refractivity contribution in [1.29, 1.82) is 0 Å². The van der Waals surface area contributed by atoms with Crippen LogP contribution in [0.25, 0.3) is 0 Å². The Hall–Kier alpha value is -2.26. The van der Waals surface area contributed by atoms with Gasteiger partial charge in [-0.25, -0.2) is 4.67 Å². The van der Waals surface area contributed by atoms with E-state index < -0.39 is 60.7 Å². The van der Waals surface area contributed by atoms with Crippen LogP contribution in [-0.2, 0) is 37.7 Å². The number of carbonyl (C=O) groups excluding carboxylic acids is 4. The number of ketones is 1. The van der Waals surface area contributed by atoms with E-state index >= 15 is 0 Å². The summed E-state index contributed by atoms with van der Waals surface area (Å²) in [5.41, 5.74) is -0.817. The van der Waals surface area contributed by atoms with E-state index in [2.05, 4.69) is 0 Å². The van der Waals surface area contributed by atoms with Gasteiger partial charge in [0, 0.05) is 31.8 Å². The van der Waals surface area contributed by atoms with Crippen molar-refractivity contribution in [1.82, 2.24) is 4.67 Å². The molecule has 1 aliphatic carbocycles. The summed E-state index contributed by atoms with van der Waals surface area (Å²) >= 11 is 5.86. The van der Waals surface area contributed by atoms with Crippen molar-refractivity contribution in [2.45, 2.75) is 31.5 Å². The molecule has 12 heteroatoms. The van der Waals surface area contributed by atoms with E-state index in [0.29, 0.717) is 12.1 Å². The number of benzene rings is 1. The molecule has 1 aromatic carbocycles. The van der Waals surface area contributed by atoms with Crippen LogP contribution in [0.4, 0.5) is 0 Å². The van der Waals surface area contributed by atoms with Crippen molar-refractivity contribution in [3.63, 3.8) is 0 Å². The fourth-order valence-corrected chi connectivity index (χ4v) is 8.21. The topological polar surface area (TPSA) is 126 Å². The summed E-state index contributed by atoms with van der Waals surface area (Å²) < 4.78 is 36.9. The lowest BCUT2D eigenvalue weighted by Gasteiger charge is -2.50. The molecule has 0 unspecified atom stereocenters. The summed E-state index contributed by atoms with van der Waals surface area (Å²) in [4.78, 5) is 50.8. The fraction of sp³-hybridized carbons (Fsp3) is 0.545. The Bertz CT molecular complexity index is 1050. The molecule has 0 spiro atoms. The quantitative estimate of drug-likeness (QED) is 0.176. The zero-order chi connectivity index (χ0) is 24.6. The lowest BCUT2D eigenvalue weighted by Crippen LogP contribution is -2.64. The molecule has 0 amide bonds. The average Bonchev–Trinajstić information content (AvgIpc) is 3.14. The van der Waals surface area contributed by atoms with Crippen LogP contribution in [0.1, 0.15) is 25.3 Å². The minimum Gasteiger partial charge on any atom is -0.466 e. The van der Waals surface area contributed by atoms with Crippen LogP contribution in [0.15, 0.2) is 24.3 Å². The first-order valence-corrected chi connectivity index (χ1v) is 13.2. The number of halogens is 1. The predicted molar refractivity (Wildman–Crippen MR) is 119 cm³/mol. The van der Waals surface area contributed by atoms with Gasteiger partial charge >= 0.3 is 17.9 Å². The molecular formula is C22H25ClNO9P. The number of Topliss-reactive ketones (excluding diaryl/α,β-unsaturated/α-hetero) is 1. The second-order valence-corrected chi connectivity index (χ2v) is 11.1. The highest BCUT2D eigenvalue weighted by Gasteiger charge is 2.68. The summed E-state index contributed by atoms with van der Waals surface area (Å²) in [6.45, 7) is 3.64. The molecule has 184 valence electrons. The molecule has 3 saturated heterocycles. The van der Waals surface area contributed by atoms with Gasteiger partial charge in [-0.05, 0) is 24.6 Å². The summed E-state index contributed by atoms with van der Waals surface area (Å²) in [6.07, 6.45) is -1.32. The van der Waals surface area contributed by atoms with Crippen LogP contribution in [0.2, 0.25) is 0 Å². The Morgan fingerprint density at radius 3 is 2.56 bits per heavy atom. The van der Waals surface area contributed by atoms with Gasteiger partial charge in [0.15, 0.2) is 5.78 Å². The normalized spacial score (nSPS) is 33.0. The largest absolute Gasteiger partial charge is 0.466 e. The fourth-order valence-electron chi connectivity index (χ4n) is 5.03. The maximum atomic E-state index is 13.9. The zero-order valence-electron chi connectivity index (χ0n) is 18.7. The molecule has 34 heavy (non-hydrogen) atoms. The van der Waals surface area contributed by atoms with Crippen LogP contribution in [0, 0.1) is 11.8 Å². The van der Waals surface area contributed by atoms with Crippen LogP contribution < -0.4 is 4.74 Å². The highest BCUT2D eigenvalue weighted by atomic mass is 35.5. The van der Waals surface area contributed by atoms with Crippen molar-refractivity contribution in [2.75, 3.05) is 32.2 Å². The molecule has 0 N–H and O–H groups in total. The first-order valence-electron chi connectivity index (χ1n) is 11.0. The monoisotopic (exact) mass is 513 g/mol. The van der Waals surface area contributed by atoms with Gasteiger partial charge in [0.1, 0.15) is 29.3 Å². The number of rotatable bonds is 7. The lowest BCUT2D eigenvalue weighted by atomic mass is 9.64. The highest BCUT2D eigenvalue weighted by Crippen LogP contribution is 2.65. The van der Waals surface area contributed by atoms with Gasteiger partial charge in [-0.15, -0.1) is 11.6 Å². The summed E-state index contributed by atoms with van der Waals surface area (Å²) in [5.74, 6) is -5.41. The molecular weight excluding hydrogens is 489 g/mol. The van der Waals surface area contributed by atoms with Crippen molar-refractivity contribution >= 4 is 42.8 Å². The third-order valence-corrected chi connectivity index (χ3v) is 9.48. The Labute approximate surface area is 201 Å². The molecule has 4 aliphatic rings. The molecule has 3 heterocycles. The van der Waals surface area contributed by atoms with Gasteiger partial charge in [-0.2, -0.15) is 0 Å². The summed E-state index contributed by atoms with van der Waals surface area (Å²) in [6, 6.07) is 6.19. The Kier molecular flexibility index (Phi) is 7.14. The SMILES string of the molecule is CCOC(=O)[C@@H]1[C@H]2OC(=O)[C@@H](C(=O)[C@@H]2[P@@]2(=O)OCCN2CCCl)[C@@H]1c1ccc(OC(C)=O)cc1. The number of alkyl halides is 1. The van der Waals surface area contributed by atoms with Crippen molar-refractivity contribution < 1.29 is 42.5 Å². The van der Waals surface area contributed by atoms with Gasteiger partial charge < -0.3 is 18.7 Å². The van der Waals surface area contributed by atoms with Crippen LogP contribution in [0.3, 0.4) is 0 Å². The number of carbonyl (C=O) groups is 4. The van der Waals surface area contributed by atoms with Gasteiger partial charge in [-0.3, -0.25) is 23.7 Å². The molecule has 1 saturated carbocycles. The minimum atomic E-state index is -3.78. The van der Waals surface area contributed by atoms with Crippen molar-refractivity contribution in [3.8, 4) is 5.75 Å². The maximum absolute atomic E-state index is 13.9. The summed E-state index contributed by atoms with van der Waals surface area (Å²) in [7, 11) is -3.78. The maximum Gasteiger partial charge on any atom is 0.317 e. The van der Waals surface area contributed by atoms with E-state index in [0.717, 1.165) is 0 Å². The molecule has 6 atom stereocenters. The predicted octanol–water partition coefficient (Wildman–Crippen LogP) is 2.13. The molecule has 5 rings (SSSR count). The Morgan fingerprint density at radius 2 is 1.94 bits per heavy atom. The van der Waals surface area contributed by atoms with Crippen LogP contribution in [-0.4, -0.2) is 72.3 Å². The van der Waals surface area contributed by atoms with Crippen LogP contribution in [0.5, 0.6) is 5.75 Å². The zero-order valence-corrected chi connectivity index (χ0v) is 20.3.